The van der Waals surface area contributed by atoms with Gasteiger partial charge >= 0.3 is 11.8 Å². The maximum atomic E-state index is 12.2. The van der Waals surface area contributed by atoms with E-state index in [2.05, 4.69) is 15.5 Å². The fourth-order valence-corrected chi connectivity index (χ4v) is 3.86. The average molecular weight is 345 g/mol. The van der Waals surface area contributed by atoms with E-state index in [-0.39, 0.29) is 6.04 Å². The highest BCUT2D eigenvalue weighted by molar-refractivity contribution is 6.39. The summed E-state index contributed by atoms with van der Waals surface area (Å²) >= 11 is 0. The molecular weight excluding hydrogens is 318 g/mol. The Bertz CT molecular complexity index is 641. The lowest BCUT2D eigenvalue weighted by Crippen LogP contribution is -2.44. The Morgan fingerprint density at radius 1 is 1.16 bits per heavy atom. The van der Waals surface area contributed by atoms with Crippen LogP contribution in [0.3, 0.4) is 0 Å². The molecule has 3 rings (SSSR count). The van der Waals surface area contributed by atoms with Crippen molar-refractivity contribution >= 4 is 17.5 Å². The highest BCUT2D eigenvalue weighted by atomic mass is 16.5. The summed E-state index contributed by atoms with van der Waals surface area (Å²) in [4.78, 5) is 26.9. The number of nitrogens with one attached hydrogen (secondary N) is 2. The van der Waals surface area contributed by atoms with Crippen LogP contribution in [-0.2, 0) is 9.59 Å². The third-order valence-corrected chi connectivity index (χ3v) is 5.21. The van der Waals surface area contributed by atoms with Gasteiger partial charge in [-0.2, -0.15) is 0 Å². The quantitative estimate of drug-likeness (QED) is 0.820. The van der Waals surface area contributed by atoms with Crippen LogP contribution in [0.4, 0.5) is 5.69 Å². The number of anilines is 1. The summed E-state index contributed by atoms with van der Waals surface area (Å²) in [5.74, 6) is -0.690. The third-order valence-electron chi connectivity index (χ3n) is 5.21. The molecule has 6 nitrogen and oxygen atoms in total. The van der Waals surface area contributed by atoms with E-state index < -0.39 is 11.8 Å². The molecule has 1 saturated carbocycles. The van der Waals surface area contributed by atoms with E-state index >= 15 is 0 Å². The molecule has 2 N–H and O–H groups in total. The molecule has 1 aliphatic carbocycles. The molecule has 0 radical (unpaired) electrons. The van der Waals surface area contributed by atoms with E-state index in [9.17, 15) is 9.59 Å². The summed E-state index contributed by atoms with van der Waals surface area (Å²) in [5, 5.41) is 5.52. The molecule has 0 aromatic heterocycles. The first-order valence-electron chi connectivity index (χ1n) is 9.07. The summed E-state index contributed by atoms with van der Waals surface area (Å²) in [7, 11) is 1.54. The number of carbonyl (C=O) groups excluding carboxylic acids is 2. The van der Waals surface area contributed by atoms with Crippen LogP contribution in [0.25, 0.3) is 0 Å². The number of nitrogens with zero attached hydrogens (tertiary/aromatic N) is 1. The van der Waals surface area contributed by atoms with Crippen molar-refractivity contribution in [2.24, 2.45) is 0 Å². The number of ether oxygens (including phenoxy) is 1. The number of aryl methyl sites for hydroxylation is 1. The largest absolute Gasteiger partial charge is 0.495 e. The van der Waals surface area contributed by atoms with Crippen LogP contribution in [0.5, 0.6) is 5.75 Å². The molecule has 136 valence electrons. The van der Waals surface area contributed by atoms with E-state index in [4.69, 9.17) is 4.74 Å². The van der Waals surface area contributed by atoms with Gasteiger partial charge in [0.05, 0.1) is 12.8 Å². The molecule has 2 aliphatic rings. The van der Waals surface area contributed by atoms with Crippen molar-refractivity contribution in [1.82, 2.24) is 10.2 Å². The number of hydrogen-bond donors (Lipinski definition) is 2. The van der Waals surface area contributed by atoms with E-state index in [0.717, 1.165) is 25.1 Å². The Morgan fingerprint density at radius 2 is 1.92 bits per heavy atom. The fourth-order valence-electron chi connectivity index (χ4n) is 3.86. The molecule has 1 aliphatic heterocycles. The molecule has 2 fully saturated rings. The lowest BCUT2D eigenvalue weighted by atomic mass is 10.2. The van der Waals surface area contributed by atoms with Gasteiger partial charge in [0, 0.05) is 25.2 Å². The lowest BCUT2D eigenvalue weighted by Gasteiger charge is -2.23. The Kier molecular flexibility index (Phi) is 5.58. The van der Waals surface area contributed by atoms with E-state index in [1.807, 2.05) is 13.0 Å². The molecule has 0 spiro atoms. The standard InChI is InChI=1S/C19H27N3O3/c1-13-7-8-17(25-2)16(11-13)21-19(24)18(23)20-14-9-10-22(12-14)15-5-3-4-6-15/h7-8,11,14-15H,3-6,9-10,12H2,1-2H3,(H,20,23)(H,21,24)/t14-/m1/s1. The van der Waals surface area contributed by atoms with Gasteiger partial charge in [-0.05, 0) is 43.9 Å². The van der Waals surface area contributed by atoms with Crippen molar-refractivity contribution in [3.05, 3.63) is 23.8 Å². The number of methoxy groups -OCH3 is 1. The Hall–Kier alpha value is -2.08. The fraction of sp³-hybridized carbons (Fsp3) is 0.579. The average Bonchev–Trinajstić information content (AvgIpc) is 3.26. The molecule has 1 aromatic rings. The van der Waals surface area contributed by atoms with Gasteiger partial charge in [-0.1, -0.05) is 18.9 Å². The first-order chi connectivity index (χ1) is 12.1. The molecular formula is C19H27N3O3. The van der Waals surface area contributed by atoms with Gasteiger partial charge in [-0.25, -0.2) is 0 Å². The van der Waals surface area contributed by atoms with E-state index in [1.54, 1.807) is 12.1 Å². The van der Waals surface area contributed by atoms with Crippen molar-refractivity contribution < 1.29 is 14.3 Å². The zero-order chi connectivity index (χ0) is 17.8. The van der Waals surface area contributed by atoms with E-state index in [1.165, 1.54) is 32.8 Å². The summed E-state index contributed by atoms with van der Waals surface area (Å²) in [6, 6.07) is 6.18. The van der Waals surface area contributed by atoms with Crippen LogP contribution in [0.2, 0.25) is 0 Å². The molecule has 1 atom stereocenters. The lowest BCUT2D eigenvalue weighted by molar-refractivity contribution is -0.136. The molecule has 0 bridgehead atoms. The Balaban J connectivity index is 1.53. The monoisotopic (exact) mass is 345 g/mol. The smallest absolute Gasteiger partial charge is 0.313 e. The summed E-state index contributed by atoms with van der Waals surface area (Å²) < 4.78 is 5.23. The second-order valence-corrected chi connectivity index (χ2v) is 7.05. The van der Waals surface area contributed by atoms with Crippen molar-refractivity contribution in [2.45, 2.75) is 51.1 Å². The van der Waals surface area contributed by atoms with Crippen LogP contribution in [0, 0.1) is 6.92 Å². The van der Waals surface area contributed by atoms with Gasteiger partial charge in [0.25, 0.3) is 0 Å². The zero-order valence-corrected chi connectivity index (χ0v) is 15.0. The normalized spacial score (nSPS) is 21.3. The van der Waals surface area contributed by atoms with Crippen LogP contribution in [0.15, 0.2) is 18.2 Å². The van der Waals surface area contributed by atoms with Crippen molar-refractivity contribution in [3.63, 3.8) is 0 Å². The van der Waals surface area contributed by atoms with Crippen molar-refractivity contribution in [3.8, 4) is 5.75 Å². The Morgan fingerprint density at radius 3 is 2.64 bits per heavy atom. The first-order valence-corrected chi connectivity index (χ1v) is 9.07. The summed E-state index contributed by atoms with van der Waals surface area (Å²) in [6.07, 6.45) is 6.03. The molecule has 1 heterocycles. The van der Waals surface area contributed by atoms with Gasteiger partial charge in [0.1, 0.15) is 5.75 Å². The van der Waals surface area contributed by atoms with Crippen molar-refractivity contribution in [1.29, 1.82) is 0 Å². The molecule has 2 amide bonds. The number of rotatable bonds is 4. The summed E-state index contributed by atoms with van der Waals surface area (Å²) in [5.41, 5.74) is 1.50. The number of amides is 2. The zero-order valence-electron chi connectivity index (χ0n) is 15.0. The molecule has 0 unspecified atom stereocenters. The molecule has 25 heavy (non-hydrogen) atoms. The molecule has 1 aromatic carbocycles. The first kappa shape index (κ1) is 17.7. The maximum absolute atomic E-state index is 12.2. The predicted molar refractivity (Wildman–Crippen MR) is 96.7 cm³/mol. The van der Waals surface area contributed by atoms with Crippen LogP contribution < -0.4 is 15.4 Å². The van der Waals surface area contributed by atoms with Crippen molar-refractivity contribution in [2.75, 3.05) is 25.5 Å². The minimum atomic E-state index is -0.650. The minimum absolute atomic E-state index is 0.0539. The van der Waals surface area contributed by atoms with Gasteiger partial charge in [0.15, 0.2) is 0 Å². The highest BCUT2D eigenvalue weighted by Crippen LogP contribution is 2.27. The van der Waals surface area contributed by atoms with Crippen LogP contribution in [0.1, 0.15) is 37.7 Å². The van der Waals surface area contributed by atoms with E-state index in [0.29, 0.717) is 17.5 Å². The van der Waals surface area contributed by atoms with Gasteiger partial charge in [-0.3, -0.25) is 14.5 Å². The SMILES string of the molecule is COc1ccc(C)cc1NC(=O)C(=O)N[C@@H]1CCN(C2CCCC2)C1. The second-order valence-electron chi connectivity index (χ2n) is 7.05. The third kappa shape index (κ3) is 4.31. The molecule has 1 saturated heterocycles. The highest BCUT2D eigenvalue weighted by Gasteiger charge is 2.31. The second kappa shape index (κ2) is 7.87. The summed E-state index contributed by atoms with van der Waals surface area (Å²) in [6.45, 7) is 3.77. The van der Waals surface area contributed by atoms with Gasteiger partial charge in [0.2, 0.25) is 0 Å². The maximum Gasteiger partial charge on any atom is 0.313 e. The van der Waals surface area contributed by atoms with Gasteiger partial charge < -0.3 is 15.4 Å². The van der Waals surface area contributed by atoms with Crippen LogP contribution in [-0.4, -0.2) is 49.0 Å². The number of benzene rings is 1. The Labute approximate surface area is 148 Å². The number of likely N-dealkylation sites (tertiary alicyclic amines) is 1. The van der Waals surface area contributed by atoms with Gasteiger partial charge in [-0.15, -0.1) is 0 Å². The molecule has 6 heteroatoms. The number of hydrogen-bond acceptors (Lipinski definition) is 4. The van der Waals surface area contributed by atoms with Crippen LogP contribution >= 0.6 is 0 Å². The topological polar surface area (TPSA) is 70.7 Å². The number of carbonyl (C=O) groups is 2. The predicted octanol–water partition coefficient (Wildman–Crippen LogP) is 2.08. The minimum Gasteiger partial charge on any atom is -0.495 e.